The van der Waals surface area contributed by atoms with Gasteiger partial charge < -0.3 is 15.1 Å². The fourth-order valence-corrected chi connectivity index (χ4v) is 6.79. The molecule has 7 heteroatoms. The van der Waals surface area contributed by atoms with Gasteiger partial charge in [-0.05, 0) is 69.0 Å². The monoisotopic (exact) mass is 447 g/mol. The van der Waals surface area contributed by atoms with Crippen LogP contribution in [0, 0.1) is 11.7 Å². The summed E-state index contributed by atoms with van der Waals surface area (Å²) in [5.74, 6) is 0.483. The van der Waals surface area contributed by atoms with Crippen molar-refractivity contribution >= 4 is 23.6 Å². The number of likely N-dealkylation sites (tertiary alicyclic amines) is 1. The number of nitrogens with zero attached hydrogens (tertiary/aromatic N) is 2. The van der Waals surface area contributed by atoms with E-state index in [-0.39, 0.29) is 23.0 Å². The van der Waals surface area contributed by atoms with E-state index in [0.717, 1.165) is 32.5 Å². The van der Waals surface area contributed by atoms with E-state index in [1.807, 2.05) is 4.90 Å². The number of carbonyl (C=O) groups excluding carboxylic acids is 2. The summed E-state index contributed by atoms with van der Waals surface area (Å²) in [5.41, 5.74) is 0.454. The van der Waals surface area contributed by atoms with Crippen LogP contribution in [0.2, 0.25) is 0 Å². The average Bonchev–Trinajstić information content (AvgIpc) is 3.26. The summed E-state index contributed by atoms with van der Waals surface area (Å²) in [6, 6.07) is 5.24. The van der Waals surface area contributed by atoms with Gasteiger partial charge in [0.25, 0.3) is 5.91 Å². The largest absolute Gasteiger partial charge is 0.353 e. The number of nitrogens with one attached hydrogen (secondary N) is 1. The van der Waals surface area contributed by atoms with Gasteiger partial charge in [0.05, 0.1) is 5.37 Å². The van der Waals surface area contributed by atoms with Crippen LogP contribution in [0.3, 0.4) is 0 Å². The van der Waals surface area contributed by atoms with Crippen molar-refractivity contribution in [2.75, 3.05) is 31.9 Å². The zero-order chi connectivity index (χ0) is 21.6. The molecule has 0 aromatic heterocycles. The highest BCUT2D eigenvalue weighted by Gasteiger charge is 2.45. The fourth-order valence-electron chi connectivity index (χ4n) is 5.15. The van der Waals surface area contributed by atoms with Crippen molar-refractivity contribution < 1.29 is 14.0 Å². The lowest BCUT2D eigenvalue weighted by atomic mass is 9.88. The first-order valence-corrected chi connectivity index (χ1v) is 12.9. The number of amides is 2. The first-order valence-electron chi connectivity index (χ1n) is 11.8. The van der Waals surface area contributed by atoms with Crippen molar-refractivity contribution in [3.05, 3.63) is 35.6 Å². The highest BCUT2D eigenvalue weighted by atomic mass is 32.2. The Morgan fingerprint density at radius 1 is 1.00 bits per heavy atom. The molecule has 3 aliphatic rings. The standard InChI is InChI=1S/C24H34FN3O2S/c25-20-11-9-18(10-12-20)23(30)28-21(17-31-24(28)19-7-3-1-4-8-19)22(29)26-13-16-27-14-5-2-6-15-27/h9-12,19,21,24H,1-8,13-17H2,(H,26,29). The zero-order valence-electron chi connectivity index (χ0n) is 18.2. The number of benzene rings is 1. The van der Waals surface area contributed by atoms with Crippen molar-refractivity contribution in [1.29, 1.82) is 0 Å². The molecule has 0 bridgehead atoms. The molecule has 0 spiro atoms. The summed E-state index contributed by atoms with van der Waals surface area (Å²) in [5, 5.41) is 3.12. The summed E-state index contributed by atoms with van der Waals surface area (Å²) in [6.45, 7) is 3.69. The minimum Gasteiger partial charge on any atom is -0.353 e. The molecule has 2 aliphatic heterocycles. The topological polar surface area (TPSA) is 52.7 Å². The minimum atomic E-state index is -0.462. The van der Waals surface area contributed by atoms with Gasteiger partial charge in [-0.15, -0.1) is 11.8 Å². The Kier molecular flexibility index (Phi) is 7.88. The molecule has 1 saturated carbocycles. The van der Waals surface area contributed by atoms with Crippen LogP contribution in [-0.2, 0) is 4.79 Å². The number of carbonyl (C=O) groups is 2. The van der Waals surface area contributed by atoms with Gasteiger partial charge in [0.2, 0.25) is 5.91 Å². The lowest BCUT2D eigenvalue weighted by Gasteiger charge is -2.35. The predicted octanol–water partition coefficient (Wildman–Crippen LogP) is 3.89. The average molecular weight is 448 g/mol. The number of piperidine rings is 1. The first-order chi connectivity index (χ1) is 15.1. The highest BCUT2D eigenvalue weighted by molar-refractivity contribution is 8.00. The Labute approximate surface area is 189 Å². The molecule has 1 aromatic carbocycles. The van der Waals surface area contributed by atoms with E-state index in [4.69, 9.17) is 0 Å². The van der Waals surface area contributed by atoms with Gasteiger partial charge in [-0.1, -0.05) is 25.7 Å². The lowest BCUT2D eigenvalue weighted by molar-refractivity contribution is -0.125. The van der Waals surface area contributed by atoms with Crippen molar-refractivity contribution in [1.82, 2.24) is 15.1 Å². The van der Waals surface area contributed by atoms with E-state index in [1.54, 1.807) is 11.8 Å². The summed E-state index contributed by atoms with van der Waals surface area (Å²) in [6.07, 6.45) is 9.60. The van der Waals surface area contributed by atoms with Crippen molar-refractivity contribution in [3.63, 3.8) is 0 Å². The summed E-state index contributed by atoms with van der Waals surface area (Å²) in [7, 11) is 0. The summed E-state index contributed by atoms with van der Waals surface area (Å²) >= 11 is 1.74. The maximum Gasteiger partial charge on any atom is 0.255 e. The molecule has 31 heavy (non-hydrogen) atoms. The Morgan fingerprint density at radius 3 is 2.39 bits per heavy atom. The fraction of sp³-hybridized carbons (Fsp3) is 0.667. The Balaban J connectivity index is 1.44. The molecule has 1 aromatic rings. The third kappa shape index (κ3) is 5.61. The normalized spacial score (nSPS) is 25.5. The van der Waals surface area contributed by atoms with Gasteiger partial charge in [0.15, 0.2) is 0 Å². The summed E-state index contributed by atoms with van der Waals surface area (Å²) in [4.78, 5) is 30.8. The molecular weight excluding hydrogens is 413 g/mol. The van der Waals surface area contributed by atoms with Crippen molar-refractivity contribution in [2.24, 2.45) is 5.92 Å². The van der Waals surface area contributed by atoms with Gasteiger partial charge in [0.1, 0.15) is 11.9 Å². The van der Waals surface area contributed by atoms with Crippen molar-refractivity contribution in [2.45, 2.75) is 62.8 Å². The molecule has 2 atom stereocenters. The third-order valence-corrected chi connectivity index (χ3v) is 8.35. The van der Waals surface area contributed by atoms with Gasteiger partial charge in [-0.3, -0.25) is 9.59 Å². The van der Waals surface area contributed by atoms with Crippen LogP contribution in [0.5, 0.6) is 0 Å². The second-order valence-corrected chi connectivity index (χ2v) is 10.2. The number of rotatable bonds is 6. The zero-order valence-corrected chi connectivity index (χ0v) is 19.0. The van der Waals surface area contributed by atoms with E-state index in [0.29, 0.717) is 23.8 Å². The van der Waals surface area contributed by atoms with E-state index >= 15 is 0 Å². The maximum atomic E-state index is 13.4. The molecule has 1 aliphatic carbocycles. The highest BCUT2D eigenvalue weighted by Crippen LogP contribution is 2.41. The molecule has 2 saturated heterocycles. The molecule has 4 rings (SSSR count). The van der Waals surface area contributed by atoms with E-state index in [2.05, 4.69) is 10.2 Å². The van der Waals surface area contributed by atoms with Gasteiger partial charge in [-0.2, -0.15) is 0 Å². The Bertz CT molecular complexity index is 748. The first kappa shape index (κ1) is 22.6. The molecule has 2 heterocycles. The van der Waals surface area contributed by atoms with Crippen LogP contribution in [0.25, 0.3) is 0 Å². The smallest absolute Gasteiger partial charge is 0.255 e. The Hall–Kier alpha value is -1.60. The van der Waals surface area contributed by atoms with Crippen LogP contribution in [-0.4, -0.2) is 65.0 Å². The van der Waals surface area contributed by atoms with Crippen LogP contribution in [0.1, 0.15) is 61.7 Å². The predicted molar refractivity (Wildman–Crippen MR) is 122 cm³/mol. The van der Waals surface area contributed by atoms with Crippen LogP contribution >= 0.6 is 11.8 Å². The SMILES string of the molecule is O=C(NCCN1CCCCC1)C1CSC(C2CCCCC2)N1C(=O)c1ccc(F)cc1. The number of hydrogen-bond donors (Lipinski definition) is 1. The number of hydrogen-bond acceptors (Lipinski definition) is 4. The van der Waals surface area contributed by atoms with Gasteiger partial charge >= 0.3 is 0 Å². The van der Waals surface area contributed by atoms with Crippen LogP contribution < -0.4 is 5.32 Å². The van der Waals surface area contributed by atoms with Gasteiger partial charge in [-0.25, -0.2) is 4.39 Å². The summed E-state index contributed by atoms with van der Waals surface area (Å²) < 4.78 is 13.4. The van der Waals surface area contributed by atoms with Gasteiger partial charge in [0, 0.05) is 24.4 Å². The molecular formula is C24H34FN3O2S. The maximum absolute atomic E-state index is 13.4. The molecule has 170 valence electrons. The molecule has 3 fully saturated rings. The molecule has 1 N–H and O–H groups in total. The number of halogens is 1. The quantitative estimate of drug-likeness (QED) is 0.719. The minimum absolute atomic E-state index is 0.0238. The lowest BCUT2D eigenvalue weighted by Crippen LogP contribution is -2.52. The third-order valence-electron chi connectivity index (χ3n) is 6.89. The van der Waals surface area contributed by atoms with E-state index in [1.165, 1.54) is 62.8 Å². The molecule has 2 unspecified atom stereocenters. The molecule has 5 nitrogen and oxygen atoms in total. The van der Waals surface area contributed by atoms with E-state index < -0.39 is 6.04 Å². The molecule has 2 amide bonds. The second-order valence-electron chi connectivity index (χ2n) is 9.05. The number of thioether (sulfide) groups is 1. The molecule has 0 radical (unpaired) electrons. The second kappa shape index (κ2) is 10.8. The van der Waals surface area contributed by atoms with E-state index in [9.17, 15) is 14.0 Å². The van der Waals surface area contributed by atoms with Crippen molar-refractivity contribution in [3.8, 4) is 0 Å². The van der Waals surface area contributed by atoms with Crippen LogP contribution in [0.15, 0.2) is 24.3 Å². The van der Waals surface area contributed by atoms with Crippen LogP contribution in [0.4, 0.5) is 4.39 Å². The Morgan fingerprint density at radius 2 is 1.68 bits per heavy atom.